The average Bonchev–Trinajstić information content (AvgIpc) is 2.44. The summed E-state index contributed by atoms with van der Waals surface area (Å²) in [7, 11) is -2.14. The quantitative estimate of drug-likeness (QED) is 0.868. The van der Waals surface area contributed by atoms with E-state index in [0.29, 0.717) is 10.6 Å². The maximum Gasteiger partial charge on any atom is 0.330 e. The lowest BCUT2D eigenvalue weighted by molar-refractivity contribution is 0.585. The minimum Gasteiger partial charge on any atom is -0.302 e. The first-order valence-corrected chi connectivity index (χ1v) is 7.36. The van der Waals surface area contributed by atoms with Crippen molar-refractivity contribution in [3.05, 3.63) is 56.9 Å². The molecule has 0 radical (unpaired) electrons. The number of nitrogens with zero attached hydrogens (tertiary/aromatic N) is 2. The number of anilines is 1. The highest BCUT2D eigenvalue weighted by Gasteiger charge is 2.23. The third-order valence-electron chi connectivity index (χ3n) is 2.88. The van der Waals surface area contributed by atoms with E-state index in [0.717, 1.165) is 29.9 Å². The zero-order valence-electron chi connectivity index (χ0n) is 11.5. The molecular formula is C12H11F2N3O4S. The Morgan fingerprint density at radius 2 is 1.77 bits per heavy atom. The second kappa shape index (κ2) is 5.37. The van der Waals surface area contributed by atoms with Crippen LogP contribution in [-0.2, 0) is 24.1 Å². The molecule has 10 heteroatoms. The molecule has 0 amide bonds. The van der Waals surface area contributed by atoms with Crippen LogP contribution in [-0.4, -0.2) is 17.6 Å². The lowest BCUT2D eigenvalue weighted by Gasteiger charge is -2.10. The van der Waals surface area contributed by atoms with Crippen molar-refractivity contribution >= 4 is 15.7 Å². The molecule has 0 atom stereocenters. The van der Waals surface area contributed by atoms with Crippen LogP contribution in [0, 0.1) is 11.6 Å². The van der Waals surface area contributed by atoms with E-state index in [4.69, 9.17) is 0 Å². The summed E-state index contributed by atoms with van der Waals surface area (Å²) in [4.78, 5) is 22.7. The number of nitrogens with one attached hydrogen (secondary N) is 1. The number of hydrogen-bond donors (Lipinski definition) is 1. The summed E-state index contributed by atoms with van der Waals surface area (Å²) in [6.07, 6.45) is 0.810. The van der Waals surface area contributed by atoms with E-state index in [-0.39, 0.29) is 0 Å². The number of aromatic nitrogens is 2. The molecule has 2 rings (SSSR count). The second-order valence-electron chi connectivity index (χ2n) is 4.48. The standard InChI is InChI=1S/C12H11F2N3O4S/c1-16-6-10(11(18)17(2)12(16)19)22(20,21)15-9-5-7(13)3-4-8(9)14/h3-6,15H,1-2H3. The first kappa shape index (κ1) is 15.9. The van der Waals surface area contributed by atoms with Crippen LogP contribution < -0.4 is 16.0 Å². The lowest BCUT2D eigenvalue weighted by atomic mass is 10.3. The fourth-order valence-corrected chi connectivity index (χ4v) is 2.95. The Bertz CT molecular complexity index is 963. The van der Waals surface area contributed by atoms with Gasteiger partial charge in [-0.1, -0.05) is 0 Å². The molecule has 0 unspecified atom stereocenters. The van der Waals surface area contributed by atoms with Crippen LogP contribution in [0.3, 0.4) is 0 Å². The lowest BCUT2D eigenvalue weighted by Crippen LogP contribution is -2.40. The maximum atomic E-state index is 13.5. The SMILES string of the molecule is Cn1cc(S(=O)(=O)Nc2cc(F)ccc2F)c(=O)n(C)c1=O. The molecule has 0 spiro atoms. The topological polar surface area (TPSA) is 90.2 Å². The Kier molecular flexibility index (Phi) is 3.88. The van der Waals surface area contributed by atoms with Gasteiger partial charge in [0.2, 0.25) is 0 Å². The Balaban J connectivity index is 2.60. The summed E-state index contributed by atoms with van der Waals surface area (Å²) < 4.78 is 54.2. The van der Waals surface area contributed by atoms with Gasteiger partial charge in [0, 0.05) is 26.4 Å². The van der Waals surface area contributed by atoms with Crippen molar-refractivity contribution in [2.24, 2.45) is 14.1 Å². The minimum absolute atomic E-state index is 0.594. The zero-order valence-corrected chi connectivity index (χ0v) is 12.3. The number of rotatable bonds is 3. The molecule has 0 fully saturated rings. The van der Waals surface area contributed by atoms with Crippen LogP contribution in [0.15, 0.2) is 38.9 Å². The molecule has 2 aromatic rings. The van der Waals surface area contributed by atoms with Gasteiger partial charge in [-0.25, -0.2) is 22.0 Å². The Morgan fingerprint density at radius 1 is 1.14 bits per heavy atom. The van der Waals surface area contributed by atoms with Crippen molar-refractivity contribution in [2.45, 2.75) is 4.90 Å². The number of hydrogen-bond acceptors (Lipinski definition) is 4. The summed E-state index contributed by atoms with van der Waals surface area (Å²) in [5, 5.41) is 0. The molecule has 0 aliphatic carbocycles. The Morgan fingerprint density at radius 3 is 2.41 bits per heavy atom. The highest BCUT2D eigenvalue weighted by atomic mass is 32.2. The monoisotopic (exact) mass is 331 g/mol. The van der Waals surface area contributed by atoms with Gasteiger partial charge in [0.1, 0.15) is 11.6 Å². The zero-order chi connectivity index (χ0) is 16.7. The maximum absolute atomic E-state index is 13.5. The van der Waals surface area contributed by atoms with Gasteiger partial charge in [0.25, 0.3) is 15.6 Å². The molecule has 22 heavy (non-hydrogen) atoms. The smallest absolute Gasteiger partial charge is 0.302 e. The van der Waals surface area contributed by atoms with Crippen LogP contribution >= 0.6 is 0 Å². The Hall–Kier alpha value is -2.49. The predicted octanol–water partition coefficient (Wildman–Crippen LogP) is 0.163. The first-order chi connectivity index (χ1) is 10.1. The summed E-state index contributed by atoms with van der Waals surface area (Å²) in [5.74, 6) is -1.86. The molecule has 1 N–H and O–H groups in total. The van der Waals surface area contributed by atoms with Crippen LogP contribution in [0.2, 0.25) is 0 Å². The van der Waals surface area contributed by atoms with Crippen LogP contribution in [0.1, 0.15) is 0 Å². The molecule has 1 heterocycles. The van der Waals surface area contributed by atoms with Crippen molar-refractivity contribution < 1.29 is 17.2 Å². The summed E-state index contributed by atoms with van der Waals surface area (Å²) in [6.45, 7) is 0. The first-order valence-electron chi connectivity index (χ1n) is 5.88. The summed E-state index contributed by atoms with van der Waals surface area (Å²) in [5.41, 5.74) is -2.44. The van der Waals surface area contributed by atoms with Crippen LogP contribution in [0.5, 0.6) is 0 Å². The van der Waals surface area contributed by atoms with Gasteiger partial charge in [0.05, 0.1) is 5.69 Å². The molecular weight excluding hydrogens is 320 g/mol. The highest BCUT2D eigenvalue weighted by molar-refractivity contribution is 7.92. The van der Waals surface area contributed by atoms with Crippen molar-refractivity contribution in [1.82, 2.24) is 9.13 Å². The average molecular weight is 331 g/mol. The van der Waals surface area contributed by atoms with Gasteiger partial charge in [-0.2, -0.15) is 0 Å². The molecule has 0 bridgehead atoms. The number of benzene rings is 1. The Labute approximate surface area is 123 Å². The molecule has 0 aliphatic rings. The second-order valence-corrected chi connectivity index (χ2v) is 6.13. The van der Waals surface area contributed by atoms with Crippen molar-refractivity contribution in [1.29, 1.82) is 0 Å². The van der Waals surface area contributed by atoms with E-state index >= 15 is 0 Å². The molecule has 1 aromatic heterocycles. The van der Waals surface area contributed by atoms with Gasteiger partial charge in [-0.05, 0) is 12.1 Å². The predicted molar refractivity (Wildman–Crippen MR) is 74.1 cm³/mol. The van der Waals surface area contributed by atoms with Crippen molar-refractivity contribution in [2.75, 3.05) is 4.72 Å². The van der Waals surface area contributed by atoms with Gasteiger partial charge in [0.15, 0.2) is 4.90 Å². The van der Waals surface area contributed by atoms with Crippen LogP contribution in [0.4, 0.5) is 14.5 Å². The van der Waals surface area contributed by atoms with Gasteiger partial charge in [-0.3, -0.25) is 14.1 Å². The van der Waals surface area contributed by atoms with E-state index in [1.54, 1.807) is 4.72 Å². The summed E-state index contributed by atoms with van der Waals surface area (Å²) >= 11 is 0. The molecule has 0 saturated carbocycles. The fourth-order valence-electron chi connectivity index (χ4n) is 1.73. The molecule has 0 aliphatic heterocycles. The summed E-state index contributed by atoms with van der Waals surface area (Å²) in [6, 6.07) is 2.20. The molecule has 0 saturated heterocycles. The molecule has 118 valence electrons. The number of halogens is 2. The van der Waals surface area contributed by atoms with Gasteiger partial charge >= 0.3 is 5.69 Å². The number of aryl methyl sites for hydroxylation is 1. The minimum atomic E-state index is -4.49. The fraction of sp³-hybridized carbons (Fsp3) is 0.167. The third kappa shape index (κ3) is 2.77. The normalized spacial score (nSPS) is 11.5. The molecule has 7 nitrogen and oxygen atoms in total. The van der Waals surface area contributed by atoms with Gasteiger partial charge < -0.3 is 4.57 Å². The van der Waals surface area contributed by atoms with E-state index < -0.39 is 43.5 Å². The van der Waals surface area contributed by atoms with Crippen LogP contribution in [0.25, 0.3) is 0 Å². The number of sulfonamides is 1. The highest BCUT2D eigenvalue weighted by Crippen LogP contribution is 2.18. The molecule has 1 aromatic carbocycles. The van der Waals surface area contributed by atoms with Crippen molar-refractivity contribution in [3.63, 3.8) is 0 Å². The largest absolute Gasteiger partial charge is 0.330 e. The van der Waals surface area contributed by atoms with E-state index in [9.17, 15) is 26.8 Å². The van der Waals surface area contributed by atoms with E-state index in [1.165, 1.54) is 7.05 Å². The van der Waals surface area contributed by atoms with E-state index in [1.807, 2.05) is 0 Å². The van der Waals surface area contributed by atoms with Gasteiger partial charge in [-0.15, -0.1) is 0 Å². The third-order valence-corrected chi connectivity index (χ3v) is 4.22. The van der Waals surface area contributed by atoms with E-state index in [2.05, 4.69) is 0 Å². The van der Waals surface area contributed by atoms with Crippen molar-refractivity contribution in [3.8, 4) is 0 Å².